The summed E-state index contributed by atoms with van der Waals surface area (Å²) in [6.07, 6.45) is 0.272. The Morgan fingerprint density at radius 1 is 1.07 bits per heavy atom. The summed E-state index contributed by atoms with van der Waals surface area (Å²) in [7, 11) is -0.697. The van der Waals surface area contributed by atoms with Crippen LogP contribution in [-0.4, -0.2) is 44.0 Å². The highest BCUT2D eigenvalue weighted by Crippen LogP contribution is 2.31. The molecule has 0 bridgehead atoms. The predicted molar refractivity (Wildman–Crippen MR) is 109 cm³/mol. The van der Waals surface area contributed by atoms with Gasteiger partial charge in [-0.3, -0.25) is 4.79 Å². The van der Waals surface area contributed by atoms with E-state index in [2.05, 4.69) is 0 Å². The molecule has 0 spiro atoms. The van der Waals surface area contributed by atoms with Crippen LogP contribution < -0.4 is 4.74 Å². The molecule has 0 saturated heterocycles. The highest BCUT2D eigenvalue weighted by Gasteiger charge is 2.43. The van der Waals surface area contributed by atoms with Gasteiger partial charge in [0.15, 0.2) is 0 Å². The molecule has 2 aromatic carbocycles. The van der Waals surface area contributed by atoms with Gasteiger partial charge in [0, 0.05) is 13.1 Å². The van der Waals surface area contributed by atoms with Crippen LogP contribution in [0.5, 0.6) is 5.75 Å². The summed E-state index contributed by atoms with van der Waals surface area (Å²) in [5.74, 6) is -0.547. The van der Waals surface area contributed by atoms with Gasteiger partial charge in [0.05, 0.1) is 18.3 Å². The molecule has 0 fully saturated rings. The van der Waals surface area contributed by atoms with E-state index in [9.17, 15) is 18.3 Å². The molecule has 6 nitrogen and oxygen atoms in total. The SMILES string of the molecule is COc1ccc(CC(N(C)S(=O)(=O)Cc2ccccc2)C(C)(C)C(=O)O)cc1. The number of benzene rings is 2. The molecule has 7 heteroatoms. The van der Waals surface area contributed by atoms with Crippen LogP contribution in [0.25, 0.3) is 0 Å². The normalized spacial score (nSPS) is 13.3. The average molecular weight is 406 g/mol. The van der Waals surface area contributed by atoms with Crippen molar-refractivity contribution in [2.75, 3.05) is 14.2 Å². The number of hydrogen-bond acceptors (Lipinski definition) is 4. The van der Waals surface area contributed by atoms with Gasteiger partial charge in [0.1, 0.15) is 5.75 Å². The molecule has 1 N–H and O–H groups in total. The van der Waals surface area contributed by atoms with Crippen molar-refractivity contribution in [2.45, 2.75) is 32.1 Å². The van der Waals surface area contributed by atoms with Gasteiger partial charge < -0.3 is 9.84 Å². The first-order chi connectivity index (χ1) is 13.1. The maximum atomic E-state index is 13.0. The number of nitrogens with zero attached hydrogens (tertiary/aromatic N) is 1. The maximum Gasteiger partial charge on any atom is 0.310 e. The van der Waals surface area contributed by atoms with Crippen LogP contribution in [0.4, 0.5) is 0 Å². The van der Waals surface area contributed by atoms with Gasteiger partial charge in [0.2, 0.25) is 10.0 Å². The van der Waals surface area contributed by atoms with Gasteiger partial charge in [-0.15, -0.1) is 0 Å². The van der Waals surface area contributed by atoms with Crippen molar-refractivity contribution in [3.05, 3.63) is 65.7 Å². The van der Waals surface area contributed by atoms with Crippen LogP contribution in [0.2, 0.25) is 0 Å². The number of carboxylic acids is 1. The minimum Gasteiger partial charge on any atom is -0.497 e. The van der Waals surface area contributed by atoms with E-state index in [-0.39, 0.29) is 12.2 Å². The van der Waals surface area contributed by atoms with Crippen molar-refractivity contribution in [3.63, 3.8) is 0 Å². The average Bonchev–Trinajstić information content (AvgIpc) is 2.66. The van der Waals surface area contributed by atoms with Gasteiger partial charge >= 0.3 is 5.97 Å². The van der Waals surface area contributed by atoms with Gasteiger partial charge in [-0.05, 0) is 43.5 Å². The Labute approximate surface area is 166 Å². The van der Waals surface area contributed by atoms with Gasteiger partial charge in [0.25, 0.3) is 0 Å². The lowest BCUT2D eigenvalue weighted by molar-refractivity contribution is -0.149. The van der Waals surface area contributed by atoms with Crippen LogP contribution in [0.15, 0.2) is 54.6 Å². The second kappa shape index (κ2) is 8.75. The van der Waals surface area contributed by atoms with E-state index in [0.717, 1.165) is 5.56 Å². The van der Waals surface area contributed by atoms with Crippen molar-refractivity contribution in [1.82, 2.24) is 4.31 Å². The molecule has 0 radical (unpaired) electrons. The van der Waals surface area contributed by atoms with Crippen LogP contribution in [0, 0.1) is 5.41 Å². The number of likely N-dealkylation sites (N-methyl/N-ethyl adjacent to an activating group) is 1. The summed E-state index contributed by atoms with van der Waals surface area (Å²) in [4.78, 5) is 11.9. The number of aliphatic carboxylic acids is 1. The van der Waals surface area contributed by atoms with Crippen molar-refractivity contribution in [2.24, 2.45) is 5.41 Å². The molecular formula is C21H27NO5S. The molecule has 1 atom stereocenters. The molecule has 0 aliphatic heterocycles. The van der Waals surface area contributed by atoms with E-state index in [1.807, 2.05) is 18.2 Å². The first-order valence-corrected chi connectivity index (χ1v) is 10.5. The van der Waals surface area contributed by atoms with Crippen molar-refractivity contribution in [1.29, 1.82) is 0 Å². The highest BCUT2D eigenvalue weighted by molar-refractivity contribution is 7.88. The summed E-state index contributed by atoms with van der Waals surface area (Å²) in [6, 6.07) is 15.3. The van der Waals surface area contributed by atoms with E-state index in [4.69, 9.17) is 4.74 Å². The Bertz CT molecular complexity index is 892. The monoisotopic (exact) mass is 405 g/mol. The fraction of sp³-hybridized carbons (Fsp3) is 0.381. The standard InChI is InChI=1S/C21H27NO5S/c1-21(2,20(23)24)19(14-16-10-12-18(27-4)13-11-16)22(3)28(25,26)15-17-8-6-5-7-9-17/h5-13,19H,14-15H2,1-4H3,(H,23,24). The molecule has 0 amide bonds. The Morgan fingerprint density at radius 3 is 2.14 bits per heavy atom. The Balaban J connectivity index is 2.35. The second-order valence-corrected chi connectivity index (χ2v) is 9.38. The molecule has 0 aliphatic carbocycles. The van der Waals surface area contributed by atoms with Gasteiger partial charge in [-0.1, -0.05) is 42.5 Å². The fourth-order valence-corrected chi connectivity index (χ4v) is 4.59. The number of carbonyl (C=O) groups is 1. The van der Waals surface area contributed by atoms with Crippen LogP contribution in [0.3, 0.4) is 0 Å². The van der Waals surface area contributed by atoms with Crippen molar-refractivity contribution >= 4 is 16.0 Å². The van der Waals surface area contributed by atoms with Crippen LogP contribution in [-0.2, 0) is 27.0 Å². The zero-order chi connectivity index (χ0) is 20.9. The number of rotatable bonds is 9. The first kappa shape index (κ1) is 21.9. The van der Waals surface area contributed by atoms with Gasteiger partial charge in [-0.2, -0.15) is 0 Å². The zero-order valence-electron chi connectivity index (χ0n) is 16.6. The van der Waals surface area contributed by atoms with E-state index in [1.54, 1.807) is 57.4 Å². The minimum atomic E-state index is -3.72. The molecule has 0 aliphatic rings. The summed E-state index contributed by atoms with van der Waals surface area (Å²) in [6.45, 7) is 3.11. The van der Waals surface area contributed by atoms with E-state index in [0.29, 0.717) is 11.3 Å². The molecule has 0 heterocycles. The Morgan fingerprint density at radius 2 is 1.64 bits per heavy atom. The zero-order valence-corrected chi connectivity index (χ0v) is 17.4. The molecule has 152 valence electrons. The van der Waals surface area contributed by atoms with Crippen molar-refractivity contribution < 1.29 is 23.1 Å². The molecular weight excluding hydrogens is 378 g/mol. The predicted octanol–water partition coefficient (Wildman–Crippen LogP) is 3.18. The van der Waals surface area contributed by atoms with E-state index in [1.165, 1.54) is 11.4 Å². The third-order valence-corrected chi connectivity index (χ3v) is 6.87. The van der Waals surface area contributed by atoms with E-state index >= 15 is 0 Å². The molecule has 2 rings (SSSR count). The lowest BCUT2D eigenvalue weighted by atomic mass is 9.81. The number of methoxy groups -OCH3 is 1. The summed E-state index contributed by atoms with van der Waals surface area (Å²) in [5, 5.41) is 9.73. The first-order valence-electron chi connectivity index (χ1n) is 8.94. The molecule has 1 unspecified atom stereocenters. The second-order valence-electron chi connectivity index (χ2n) is 7.35. The lowest BCUT2D eigenvalue weighted by Crippen LogP contribution is -2.51. The molecule has 28 heavy (non-hydrogen) atoms. The Hall–Kier alpha value is -2.38. The van der Waals surface area contributed by atoms with Crippen LogP contribution >= 0.6 is 0 Å². The summed E-state index contributed by atoms with van der Waals surface area (Å²) >= 11 is 0. The number of ether oxygens (including phenoxy) is 1. The number of sulfonamides is 1. The largest absolute Gasteiger partial charge is 0.497 e. The van der Waals surface area contributed by atoms with Gasteiger partial charge in [-0.25, -0.2) is 12.7 Å². The molecule has 2 aromatic rings. The minimum absolute atomic E-state index is 0.181. The van der Waals surface area contributed by atoms with E-state index < -0.39 is 27.4 Å². The quantitative estimate of drug-likeness (QED) is 0.693. The fourth-order valence-electron chi connectivity index (χ4n) is 3.05. The number of hydrogen-bond donors (Lipinski definition) is 1. The molecule has 0 saturated carbocycles. The lowest BCUT2D eigenvalue weighted by Gasteiger charge is -2.37. The third kappa shape index (κ3) is 5.11. The Kier molecular flexibility index (Phi) is 6.85. The summed E-state index contributed by atoms with van der Waals surface area (Å²) < 4.78 is 32.4. The maximum absolute atomic E-state index is 13.0. The topological polar surface area (TPSA) is 83.9 Å². The number of carboxylic acid groups (broad SMARTS) is 1. The smallest absolute Gasteiger partial charge is 0.310 e. The molecule has 0 aromatic heterocycles. The van der Waals surface area contributed by atoms with Crippen LogP contribution in [0.1, 0.15) is 25.0 Å². The third-order valence-electron chi connectivity index (χ3n) is 5.04. The summed E-state index contributed by atoms with van der Waals surface area (Å²) in [5.41, 5.74) is 0.214. The van der Waals surface area contributed by atoms with Crippen molar-refractivity contribution in [3.8, 4) is 5.75 Å². The highest BCUT2D eigenvalue weighted by atomic mass is 32.2.